The summed E-state index contributed by atoms with van der Waals surface area (Å²) < 4.78 is 4.53. The molecule has 1 fully saturated rings. The second kappa shape index (κ2) is 2.45. The van der Waals surface area contributed by atoms with E-state index >= 15 is 0 Å². The first-order valence-corrected chi connectivity index (χ1v) is 2.15. The lowest BCUT2D eigenvalue weighted by Gasteiger charge is -1.82. The molecule has 0 unspecified atom stereocenters. The zero-order valence-corrected chi connectivity index (χ0v) is 4.35. The minimum atomic E-state index is -0.236. The summed E-state index contributed by atoms with van der Waals surface area (Å²) in [5.74, 6) is -0.236. The van der Waals surface area contributed by atoms with E-state index < -0.39 is 0 Å². The molecule has 0 saturated carbocycles. The molecule has 0 aromatic heterocycles. The van der Waals surface area contributed by atoms with Crippen molar-refractivity contribution in [1.29, 1.82) is 0 Å². The normalized spacial score (nSPS) is 17.5. The molecule has 1 rings (SSSR count). The Hall–Kier alpha value is -0.860. The van der Waals surface area contributed by atoms with Crippen LogP contribution in [0.25, 0.3) is 0 Å². The second-order valence-electron chi connectivity index (χ2n) is 1.49. The van der Waals surface area contributed by atoms with E-state index in [-0.39, 0.29) is 10.7 Å². The maximum absolute atomic E-state index is 10.3. The summed E-state index contributed by atoms with van der Waals surface area (Å²) in [4.78, 5) is 10.3. The van der Waals surface area contributed by atoms with Crippen LogP contribution in [0, 0.1) is 0 Å². The van der Waals surface area contributed by atoms with Gasteiger partial charge in [-0.25, -0.2) is 4.79 Å². The Balaban J connectivity index is 0.000000490. The summed E-state index contributed by atoms with van der Waals surface area (Å²) >= 11 is 0. The van der Waals surface area contributed by atoms with Crippen LogP contribution in [0.3, 0.4) is 0 Å². The van der Waals surface area contributed by atoms with Gasteiger partial charge >= 0.3 is 5.97 Å². The van der Waals surface area contributed by atoms with Crippen LogP contribution in [-0.4, -0.2) is 12.6 Å². The average Bonchev–Trinajstić information content (AvgIpc) is 1.91. The Morgan fingerprint density at radius 1 is 1.62 bits per heavy atom. The highest BCUT2D eigenvalue weighted by atomic mass is 19.0. The molecule has 1 aliphatic heterocycles. The first-order valence-electron chi connectivity index (χ1n) is 2.15. The Morgan fingerprint density at radius 2 is 2.25 bits per heavy atom. The molecule has 0 spiro atoms. The predicted molar refractivity (Wildman–Crippen MR) is 27.2 cm³/mol. The number of hydrogen-bond acceptors (Lipinski definition) is 2. The van der Waals surface area contributed by atoms with Crippen LogP contribution in [-0.2, 0) is 9.53 Å². The van der Waals surface area contributed by atoms with E-state index in [1.165, 1.54) is 0 Å². The fourth-order valence-corrected chi connectivity index (χ4v) is 0.471. The molecule has 0 aliphatic carbocycles. The van der Waals surface area contributed by atoms with Crippen LogP contribution in [0.1, 0.15) is 6.42 Å². The first-order chi connectivity index (χ1) is 3.30. The Bertz CT molecular complexity index is 106. The Labute approximate surface area is 46.5 Å². The van der Waals surface area contributed by atoms with Gasteiger partial charge in [0, 0.05) is 12.0 Å². The standard InChI is InChI=1S/C5H6O2.FH/c1-4-2-3-7-5(4)6;/h1-3H2;1H. The van der Waals surface area contributed by atoms with Crippen molar-refractivity contribution >= 4 is 5.97 Å². The van der Waals surface area contributed by atoms with Crippen LogP contribution in [0.5, 0.6) is 0 Å². The molecule has 0 radical (unpaired) electrons. The molecule has 1 saturated heterocycles. The Morgan fingerprint density at radius 3 is 2.38 bits per heavy atom. The van der Waals surface area contributed by atoms with Crippen molar-refractivity contribution in [2.24, 2.45) is 0 Å². The number of cyclic esters (lactones) is 1. The molecular weight excluding hydrogens is 111 g/mol. The fraction of sp³-hybridized carbons (Fsp3) is 0.400. The maximum atomic E-state index is 10.3. The van der Waals surface area contributed by atoms with Gasteiger partial charge in [-0.05, 0) is 0 Å². The monoisotopic (exact) mass is 118 g/mol. The summed E-state index contributed by atoms with van der Waals surface area (Å²) in [5.41, 5.74) is 0.597. The second-order valence-corrected chi connectivity index (χ2v) is 1.49. The van der Waals surface area contributed by atoms with Crippen molar-refractivity contribution in [3.8, 4) is 0 Å². The lowest BCUT2D eigenvalue weighted by molar-refractivity contribution is -0.135. The largest absolute Gasteiger partial charge is 0.462 e. The van der Waals surface area contributed by atoms with Gasteiger partial charge < -0.3 is 4.74 Å². The smallest absolute Gasteiger partial charge is 0.333 e. The minimum absolute atomic E-state index is 0. The number of hydrogen-bond donors (Lipinski definition) is 0. The van der Waals surface area contributed by atoms with Gasteiger partial charge in [-0.15, -0.1) is 0 Å². The highest BCUT2D eigenvalue weighted by molar-refractivity contribution is 5.89. The third-order valence-corrected chi connectivity index (χ3v) is 0.926. The molecule has 8 heavy (non-hydrogen) atoms. The van der Waals surface area contributed by atoms with Crippen molar-refractivity contribution in [3.05, 3.63) is 12.2 Å². The van der Waals surface area contributed by atoms with Gasteiger partial charge in [0.1, 0.15) is 0 Å². The molecule has 1 aliphatic rings. The molecule has 1 heterocycles. The summed E-state index contributed by atoms with van der Waals surface area (Å²) in [6.45, 7) is 3.99. The molecule has 0 aromatic rings. The van der Waals surface area contributed by atoms with E-state index in [0.29, 0.717) is 18.6 Å². The van der Waals surface area contributed by atoms with E-state index in [1.54, 1.807) is 0 Å². The highest BCUT2D eigenvalue weighted by Crippen LogP contribution is 2.08. The molecule has 2 nitrogen and oxygen atoms in total. The van der Waals surface area contributed by atoms with Crippen LogP contribution in [0.15, 0.2) is 12.2 Å². The molecule has 0 N–H and O–H groups in total. The lowest BCUT2D eigenvalue weighted by atomic mass is 10.3. The van der Waals surface area contributed by atoms with Gasteiger partial charge in [0.15, 0.2) is 0 Å². The highest BCUT2D eigenvalue weighted by Gasteiger charge is 2.14. The molecular formula is C5H7FO2. The summed E-state index contributed by atoms with van der Waals surface area (Å²) in [6, 6.07) is 0. The van der Waals surface area contributed by atoms with Crippen LogP contribution >= 0.6 is 0 Å². The summed E-state index contributed by atoms with van der Waals surface area (Å²) in [7, 11) is 0. The zero-order valence-electron chi connectivity index (χ0n) is 4.35. The quantitative estimate of drug-likeness (QED) is 0.344. The third kappa shape index (κ3) is 1.05. The van der Waals surface area contributed by atoms with Gasteiger partial charge in [0.2, 0.25) is 0 Å². The van der Waals surface area contributed by atoms with Gasteiger partial charge in [-0.2, -0.15) is 0 Å². The van der Waals surface area contributed by atoms with Gasteiger partial charge in [-0.3, -0.25) is 4.70 Å². The Kier molecular flexibility index (Phi) is 2.19. The molecule has 0 aromatic carbocycles. The van der Waals surface area contributed by atoms with E-state index in [1.807, 2.05) is 0 Å². The number of ether oxygens (including phenoxy) is 1. The number of halogens is 1. The van der Waals surface area contributed by atoms with Crippen molar-refractivity contribution in [3.63, 3.8) is 0 Å². The topological polar surface area (TPSA) is 26.3 Å². The maximum Gasteiger partial charge on any atom is 0.333 e. The van der Waals surface area contributed by atoms with Crippen LogP contribution in [0.2, 0.25) is 0 Å². The number of carbonyl (C=O) groups is 1. The predicted octanol–water partition coefficient (Wildman–Crippen LogP) is 0.642. The lowest BCUT2D eigenvalue weighted by Crippen LogP contribution is -1.91. The first kappa shape index (κ1) is 7.14. The number of esters is 1. The van der Waals surface area contributed by atoms with Crippen molar-refractivity contribution in [2.45, 2.75) is 6.42 Å². The third-order valence-electron chi connectivity index (χ3n) is 0.926. The van der Waals surface area contributed by atoms with Crippen LogP contribution < -0.4 is 0 Å². The number of rotatable bonds is 0. The minimum Gasteiger partial charge on any atom is -0.462 e. The fourth-order valence-electron chi connectivity index (χ4n) is 0.471. The molecule has 46 valence electrons. The van der Waals surface area contributed by atoms with E-state index in [0.717, 1.165) is 0 Å². The van der Waals surface area contributed by atoms with Crippen molar-refractivity contribution < 1.29 is 14.2 Å². The molecule has 0 atom stereocenters. The SMILES string of the molecule is C=C1CCOC1=O.F. The van der Waals surface area contributed by atoms with Crippen molar-refractivity contribution in [2.75, 3.05) is 6.61 Å². The molecule has 0 amide bonds. The summed E-state index contributed by atoms with van der Waals surface area (Å²) in [5, 5.41) is 0. The molecule has 0 bridgehead atoms. The van der Waals surface area contributed by atoms with Crippen LogP contribution in [0.4, 0.5) is 4.70 Å². The van der Waals surface area contributed by atoms with E-state index in [9.17, 15) is 4.79 Å². The molecule has 3 heteroatoms. The van der Waals surface area contributed by atoms with E-state index in [4.69, 9.17) is 0 Å². The average molecular weight is 118 g/mol. The summed E-state index contributed by atoms with van der Waals surface area (Å²) in [6.07, 6.45) is 0.707. The van der Waals surface area contributed by atoms with Gasteiger partial charge in [0.05, 0.1) is 6.61 Å². The van der Waals surface area contributed by atoms with Gasteiger partial charge in [-0.1, -0.05) is 6.58 Å². The van der Waals surface area contributed by atoms with Gasteiger partial charge in [0.25, 0.3) is 0 Å². The van der Waals surface area contributed by atoms with Crippen molar-refractivity contribution in [1.82, 2.24) is 0 Å². The number of carbonyl (C=O) groups excluding carboxylic acids is 1. The zero-order chi connectivity index (χ0) is 5.28. The van der Waals surface area contributed by atoms with E-state index in [2.05, 4.69) is 11.3 Å².